The minimum atomic E-state index is -1.30. The molecule has 0 spiro atoms. The molecule has 1 saturated carbocycles. The number of halogens is 1. The Morgan fingerprint density at radius 3 is 2.60 bits per heavy atom. The third kappa shape index (κ3) is 7.34. The van der Waals surface area contributed by atoms with Gasteiger partial charge in [-0.1, -0.05) is 35.9 Å². The zero-order chi connectivity index (χ0) is 30.9. The predicted molar refractivity (Wildman–Crippen MR) is 162 cm³/mol. The number of nitriles is 1. The zero-order valence-electron chi connectivity index (χ0n) is 24.9. The van der Waals surface area contributed by atoms with E-state index in [2.05, 4.69) is 25.2 Å². The smallest absolute Gasteiger partial charge is 0.237 e. The van der Waals surface area contributed by atoms with Crippen molar-refractivity contribution in [3.63, 3.8) is 0 Å². The summed E-state index contributed by atoms with van der Waals surface area (Å²) in [5.41, 5.74) is 2.33. The number of hydrogen-bond acceptors (Lipinski definition) is 8. The molecule has 0 radical (unpaired) electrons. The summed E-state index contributed by atoms with van der Waals surface area (Å²) in [5.74, 6) is 1.30. The van der Waals surface area contributed by atoms with Gasteiger partial charge in [-0.05, 0) is 93.7 Å². The van der Waals surface area contributed by atoms with Gasteiger partial charge in [-0.2, -0.15) is 5.26 Å². The number of aliphatic hydroxyl groups excluding tert-OH is 3. The summed E-state index contributed by atoms with van der Waals surface area (Å²) in [5, 5.41) is 44.0. The Labute approximate surface area is 258 Å². The lowest BCUT2D eigenvalue weighted by Gasteiger charge is -2.39. The Bertz CT molecular complexity index is 1330. The van der Waals surface area contributed by atoms with E-state index in [1.807, 2.05) is 30.3 Å². The first-order chi connectivity index (χ1) is 20.5. The number of carbonyl (C=O) groups excluding carboxylic acids is 1. The SMILES string of the molecule is C[C@H]1O[C@@H](c2ccc(Cl)c(Cc3ccc(OCCCC(C)(C)NCC(=O)N4[C@H](C#N)C[C@@H]5C[C@@H]54)cc3)c2)[C@H](O)[C@@H](O)[C@@H]1O. The summed E-state index contributed by atoms with van der Waals surface area (Å²) in [4.78, 5) is 14.5. The quantitative estimate of drug-likeness (QED) is 0.284. The molecule has 5 rings (SSSR count). The Morgan fingerprint density at radius 2 is 1.88 bits per heavy atom. The second-order valence-electron chi connectivity index (χ2n) is 12.8. The van der Waals surface area contributed by atoms with Crippen LogP contribution in [0.25, 0.3) is 0 Å². The highest BCUT2D eigenvalue weighted by Gasteiger charge is 2.54. The number of fused-ring (bicyclic) bond motifs is 1. The molecule has 43 heavy (non-hydrogen) atoms. The van der Waals surface area contributed by atoms with E-state index in [1.54, 1.807) is 24.0 Å². The van der Waals surface area contributed by atoms with Gasteiger partial charge in [-0.15, -0.1) is 0 Å². The average Bonchev–Trinajstić information content (AvgIpc) is 3.65. The van der Waals surface area contributed by atoms with Crippen LogP contribution in [0.15, 0.2) is 42.5 Å². The van der Waals surface area contributed by atoms with Crippen LogP contribution in [0.5, 0.6) is 5.75 Å². The second-order valence-corrected chi connectivity index (χ2v) is 13.2. The molecule has 2 aromatic carbocycles. The maximum atomic E-state index is 12.8. The van der Waals surface area contributed by atoms with E-state index in [9.17, 15) is 25.4 Å². The molecule has 0 aromatic heterocycles. The van der Waals surface area contributed by atoms with Crippen LogP contribution < -0.4 is 10.1 Å². The van der Waals surface area contributed by atoms with Gasteiger partial charge >= 0.3 is 0 Å². The maximum Gasteiger partial charge on any atom is 0.237 e. The minimum Gasteiger partial charge on any atom is -0.494 e. The molecule has 0 bridgehead atoms. The topological polar surface area (TPSA) is 135 Å². The number of amides is 1. The molecule has 232 valence electrons. The van der Waals surface area contributed by atoms with Crippen LogP contribution in [-0.2, 0) is 16.0 Å². The standard InChI is InChI=1S/C33H42ClN3O6/c1-19-29(39)30(40)31(41)32(43-19)21-7-10-26(34)22(14-21)13-20-5-8-25(9-6-20)42-12-4-11-33(2,3)36-18-28(38)37-24(17-35)15-23-16-27(23)37/h5-10,14,19,23-24,27,29-32,36,39-41H,4,11-13,15-16,18H2,1-3H3/t19-,23-,24+,27+,29-,30+,31-,32+/m1/s1. The third-order valence-corrected chi connectivity index (χ3v) is 9.41. The van der Waals surface area contributed by atoms with E-state index >= 15 is 0 Å². The molecule has 3 fully saturated rings. The van der Waals surface area contributed by atoms with Gasteiger partial charge in [-0.3, -0.25) is 4.79 Å². The molecular formula is C33H42ClN3O6. The molecule has 9 nitrogen and oxygen atoms in total. The van der Waals surface area contributed by atoms with Crippen molar-refractivity contribution >= 4 is 17.5 Å². The first-order valence-corrected chi connectivity index (χ1v) is 15.5. The second kappa shape index (κ2) is 13.1. The van der Waals surface area contributed by atoms with E-state index < -0.39 is 30.5 Å². The molecule has 1 amide bonds. The van der Waals surface area contributed by atoms with Crippen LogP contribution in [-0.4, -0.2) is 81.3 Å². The Balaban J connectivity index is 1.07. The van der Waals surface area contributed by atoms with Crippen molar-refractivity contribution in [3.05, 3.63) is 64.2 Å². The molecule has 4 N–H and O–H groups in total. The molecule has 1 aliphatic carbocycles. The molecular weight excluding hydrogens is 570 g/mol. The number of likely N-dealkylation sites (tertiary alicyclic amines) is 1. The van der Waals surface area contributed by atoms with Crippen molar-refractivity contribution < 1.29 is 29.6 Å². The molecule has 0 unspecified atom stereocenters. The van der Waals surface area contributed by atoms with Crippen LogP contribution in [0.2, 0.25) is 5.02 Å². The zero-order valence-corrected chi connectivity index (χ0v) is 25.7. The van der Waals surface area contributed by atoms with E-state index in [1.165, 1.54) is 0 Å². The van der Waals surface area contributed by atoms with Crippen LogP contribution >= 0.6 is 11.6 Å². The fourth-order valence-electron chi connectivity index (χ4n) is 6.29. The fourth-order valence-corrected chi connectivity index (χ4v) is 6.47. The van der Waals surface area contributed by atoms with Gasteiger partial charge < -0.3 is 35.0 Å². The monoisotopic (exact) mass is 611 g/mol. The van der Waals surface area contributed by atoms with Gasteiger partial charge in [-0.25, -0.2) is 0 Å². The van der Waals surface area contributed by atoms with Gasteiger partial charge in [0.2, 0.25) is 5.91 Å². The number of ether oxygens (including phenoxy) is 2. The van der Waals surface area contributed by atoms with Crippen molar-refractivity contribution in [1.29, 1.82) is 5.26 Å². The van der Waals surface area contributed by atoms with Gasteiger partial charge in [0.15, 0.2) is 0 Å². The van der Waals surface area contributed by atoms with Crippen LogP contribution in [0.3, 0.4) is 0 Å². The molecule has 2 aromatic rings. The summed E-state index contributed by atoms with van der Waals surface area (Å²) in [6, 6.07) is 15.5. The first kappa shape index (κ1) is 31.7. The van der Waals surface area contributed by atoms with Crippen LogP contribution in [0.4, 0.5) is 0 Å². The lowest BCUT2D eigenvalue weighted by Crippen LogP contribution is -2.53. The van der Waals surface area contributed by atoms with E-state index in [-0.39, 0.29) is 30.1 Å². The Hall–Kier alpha value is -2.71. The summed E-state index contributed by atoms with van der Waals surface area (Å²) in [6.45, 7) is 6.60. The lowest BCUT2D eigenvalue weighted by molar-refractivity contribution is -0.219. The minimum absolute atomic E-state index is 0.0159. The van der Waals surface area contributed by atoms with Gasteiger partial charge in [0.05, 0.1) is 25.3 Å². The number of aliphatic hydroxyl groups is 3. The van der Waals surface area contributed by atoms with Crippen LogP contribution in [0, 0.1) is 17.2 Å². The van der Waals surface area contributed by atoms with Crippen molar-refractivity contribution in [2.75, 3.05) is 13.2 Å². The Morgan fingerprint density at radius 1 is 1.14 bits per heavy atom. The van der Waals surface area contributed by atoms with Crippen molar-refractivity contribution in [3.8, 4) is 11.8 Å². The van der Waals surface area contributed by atoms with E-state index in [4.69, 9.17) is 21.1 Å². The lowest BCUT2D eigenvalue weighted by atomic mass is 9.90. The highest BCUT2D eigenvalue weighted by Crippen LogP contribution is 2.47. The molecule has 2 saturated heterocycles. The third-order valence-electron chi connectivity index (χ3n) is 9.04. The van der Waals surface area contributed by atoms with Crippen molar-refractivity contribution in [1.82, 2.24) is 10.2 Å². The number of nitrogens with zero attached hydrogens (tertiary/aromatic N) is 2. The maximum absolute atomic E-state index is 12.8. The normalized spacial score (nSPS) is 30.0. The predicted octanol–water partition coefficient (Wildman–Crippen LogP) is 3.51. The van der Waals surface area contributed by atoms with Gasteiger partial charge in [0.25, 0.3) is 0 Å². The molecule has 2 heterocycles. The molecule has 10 heteroatoms. The molecule has 8 atom stereocenters. The van der Waals surface area contributed by atoms with Crippen molar-refractivity contribution in [2.24, 2.45) is 5.92 Å². The highest BCUT2D eigenvalue weighted by atomic mass is 35.5. The average molecular weight is 612 g/mol. The number of piperidine rings is 1. The number of carbonyl (C=O) groups is 1. The number of hydrogen-bond donors (Lipinski definition) is 4. The molecule has 2 aliphatic heterocycles. The van der Waals surface area contributed by atoms with E-state index in [0.29, 0.717) is 29.5 Å². The summed E-state index contributed by atoms with van der Waals surface area (Å²) in [7, 11) is 0. The van der Waals surface area contributed by atoms with Crippen LogP contribution in [0.1, 0.15) is 69.2 Å². The van der Waals surface area contributed by atoms with Gasteiger partial charge in [0, 0.05) is 16.6 Å². The number of benzene rings is 2. The van der Waals surface area contributed by atoms with Crippen molar-refractivity contribution in [2.45, 2.75) is 101 Å². The van der Waals surface area contributed by atoms with Gasteiger partial charge in [0.1, 0.15) is 36.2 Å². The number of rotatable bonds is 11. The number of nitrogens with one attached hydrogen (secondary N) is 1. The highest BCUT2D eigenvalue weighted by molar-refractivity contribution is 6.31. The Kier molecular flexibility index (Phi) is 9.67. The largest absolute Gasteiger partial charge is 0.494 e. The first-order valence-electron chi connectivity index (χ1n) is 15.1. The summed E-state index contributed by atoms with van der Waals surface area (Å²) >= 11 is 6.49. The molecule has 3 aliphatic rings. The van der Waals surface area contributed by atoms with E-state index in [0.717, 1.165) is 42.6 Å². The summed E-state index contributed by atoms with van der Waals surface area (Å²) in [6.07, 6.45) is -1.04. The fraction of sp³-hybridized carbons (Fsp3) is 0.576. The summed E-state index contributed by atoms with van der Waals surface area (Å²) < 4.78 is 11.8.